The van der Waals surface area contributed by atoms with Crippen LogP contribution >= 0.6 is 9.39 Å². The van der Waals surface area contributed by atoms with Crippen LogP contribution in [0.1, 0.15) is 0 Å². The van der Waals surface area contributed by atoms with Crippen molar-refractivity contribution >= 4 is 21.3 Å². The Labute approximate surface area is 132 Å². The molecule has 0 spiro atoms. The van der Waals surface area contributed by atoms with Gasteiger partial charge in [-0.2, -0.15) is 0 Å². The molecule has 0 aliphatic carbocycles. The van der Waals surface area contributed by atoms with Gasteiger partial charge in [-0.1, -0.05) is 9.39 Å². The molecule has 0 heterocycles. The first-order valence-corrected chi connectivity index (χ1v) is 7.47. The van der Waals surface area contributed by atoms with Crippen molar-refractivity contribution in [2.75, 3.05) is 65.9 Å². The molecule has 0 saturated carbocycles. The average Bonchev–Trinajstić information content (AvgIpc) is 2.48. The predicted octanol–water partition coefficient (Wildman–Crippen LogP) is -1.37. The lowest BCUT2D eigenvalue weighted by Crippen LogP contribution is -2.31. The SMILES string of the molecule is O=C(O)COCCOCCNC(=O)COCCOCCNP. The van der Waals surface area contributed by atoms with E-state index in [9.17, 15) is 9.59 Å². The Bertz CT molecular complexity index is 295. The minimum atomic E-state index is -1.02. The summed E-state index contributed by atoms with van der Waals surface area (Å²) in [7, 11) is 2.38. The average molecular weight is 340 g/mol. The molecule has 3 N–H and O–H groups in total. The molecule has 0 aliphatic rings. The van der Waals surface area contributed by atoms with E-state index in [1.807, 2.05) is 0 Å². The summed E-state index contributed by atoms with van der Waals surface area (Å²) in [4.78, 5) is 21.5. The summed E-state index contributed by atoms with van der Waals surface area (Å²) in [5.74, 6) is -1.24. The number of carbonyl (C=O) groups excluding carboxylic acids is 1. The topological polar surface area (TPSA) is 115 Å². The van der Waals surface area contributed by atoms with Gasteiger partial charge >= 0.3 is 5.97 Å². The fourth-order valence-electron chi connectivity index (χ4n) is 1.21. The highest BCUT2D eigenvalue weighted by atomic mass is 31.0. The lowest BCUT2D eigenvalue weighted by Gasteiger charge is -2.07. The molecule has 130 valence electrons. The molecule has 0 bridgehead atoms. The van der Waals surface area contributed by atoms with E-state index in [1.165, 1.54) is 0 Å². The molecular formula is C12H25N2O7P. The maximum Gasteiger partial charge on any atom is 0.329 e. The quantitative estimate of drug-likeness (QED) is 0.233. The zero-order valence-corrected chi connectivity index (χ0v) is 13.7. The van der Waals surface area contributed by atoms with Crippen LogP contribution in [0, 0.1) is 0 Å². The fraction of sp³-hybridized carbons (Fsp3) is 0.833. The Morgan fingerprint density at radius 1 is 0.818 bits per heavy atom. The number of carboxylic acids is 1. The van der Waals surface area contributed by atoms with Crippen LogP contribution in [-0.2, 0) is 28.5 Å². The van der Waals surface area contributed by atoms with Crippen LogP contribution in [0.2, 0.25) is 0 Å². The van der Waals surface area contributed by atoms with Crippen LogP contribution in [0.25, 0.3) is 0 Å². The number of carboxylic acid groups (broad SMARTS) is 1. The monoisotopic (exact) mass is 340 g/mol. The fourth-order valence-corrected chi connectivity index (χ4v) is 1.33. The minimum Gasteiger partial charge on any atom is -0.480 e. The number of hydrogen-bond acceptors (Lipinski definition) is 7. The first-order valence-electron chi connectivity index (χ1n) is 6.89. The number of carbonyl (C=O) groups is 2. The molecule has 0 fully saturated rings. The lowest BCUT2D eigenvalue weighted by molar-refractivity contribution is -0.142. The van der Waals surface area contributed by atoms with Gasteiger partial charge in [0.2, 0.25) is 5.91 Å². The third-order valence-corrected chi connectivity index (χ3v) is 2.45. The Morgan fingerprint density at radius 3 is 1.95 bits per heavy atom. The van der Waals surface area contributed by atoms with Crippen LogP contribution in [-0.4, -0.2) is 82.9 Å². The molecule has 0 radical (unpaired) electrons. The Balaban J connectivity index is 3.17. The zero-order valence-electron chi connectivity index (χ0n) is 12.5. The molecule has 0 saturated heterocycles. The molecule has 10 heteroatoms. The Hall–Kier alpha value is -0.830. The molecule has 9 nitrogen and oxygen atoms in total. The van der Waals surface area contributed by atoms with Gasteiger partial charge in [0.15, 0.2) is 0 Å². The van der Waals surface area contributed by atoms with Gasteiger partial charge in [0.05, 0.1) is 39.6 Å². The van der Waals surface area contributed by atoms with Crippen molar-refractivity contribution in [3.05, 3.63) is 0 Å². The van der Waals surface area contributed by atoms with Crippen LogP contribution in [0.3, 0.4) is 0 Å². The van der Waals surface area contributed by atoms with Gasteiger partial charge in [-0.3, -0.25) is 9.88 Å². The maximum atomic E-state index is 11.4. The summed E-state index contributed by atoms with van der Waals surface area (Å²) in [6.45, 7) is 2.95. The molecule has 1 atom stereocenters. The van der Waals surface area contributed by atoms with E-state index in [1.54, 1.807) is 0 Å². The molecule has 22 heavy (non-hydrogen) atoms. The van der Waals surface area contributed by atoms with Gasteiger partial charge in [-0.25, -0.2) is 4.79 Å². The van der Waals surface area contributed by atoms with Gasteiger partial charge in [-0.15, -0.1) is 0 Å². The lowest BCUT2D eigenvalue weighted by atomic mass is 10.6. The number of amides is 1. The number of nitrogens with one attached hydrogen (secondary N) is 2. The summed E-state index contributed by atoms with van der Waals surface area (Å²) < 4.78 is 20.3. The molecule has 0 aromatic rings. The zero-order chi connectivity index (χ0) is 16.5. The van der Waals surface area contributed by atoms with Crippen molar-refractivity contribution in [3.63, 3.8) is 0 Å². The number of hydrogen-bond donors (Lipinski definition) is 3. The summed E-state index contributed by atoms with van der Waals surface area (Å²) in [5, 5.41) is 13.8. The van der Waals surface area contributed by atoms with Crippen molar-refractivity contribution in [2.45, 2.75) is 0 Å². The highest BCUT2D eigenvalue weighted by molar-refractivity contribution is 7.13. The van der Waals surface area contributed by atoms with E-state index in [-0.39, 0.29) is 32.3 Å². The Morgan fingerprint density at radius 2 is 1.36 bits per heavy atom. The van der Waals surface area contributed by atoms with Crippen molar-refractivity contribution < 1.29 is 33.6 Å². The third kappa shape index (κ3) is 17.2. The third-order valence-electron chi connectivity index (χ3n) is 2.16. The highest BCUT2D eigenvalue weighted by Crippen LogP contribution is 1.81. The summed E-state index contributed by atoms with van der Waals surface area (Å²) >= 11 is 0. The van der Waals surface area contributed by atoms with Crippen LogP contribution in [0.15, 0.2) is 0 Å². The standard InChI is InChI=1S/C12H25N2O7P/c15-11(9-20-7-5-19-4-2-14-22)13-1-3-18-6-8-21-10-12(16)17/h14H,1-10,22H2,(H,13,15)(H,16,17). The number of aliphatic carboxylic acids is 1. The van der Waals surface area contributed by atoms with Gasteiger partial charge in [0.25, 0.3) is 0 Å². The molecule has 0 aromatic carbocycles. The van der Waals surface area contributed by atoms with E-state index in [4.69, 9.17) is 24.1 Å². The second-order valence-electron chi connectivity index (χ2n) is 4.03. The Kier molecular flexibility index (Phi) is 15.9. The highest BCUT2D eigenvalue weighted by Gasteiger charge is 2.01. The number of ether oxygens (including phenoxy) is 4. The first kappa shape index (κ1) is 21.2. The summed E-state index contributed by atoms with van der Waals surface area (Å²) in [6, 6.07) is 0. The largest absolute Gasteiger partial charge is 0.480 e. The van der Waals surface area contributed by atoms with E-state index in [2.05, 4.69) is 19.8 Å². The predicted molar refractivity (Wildman–Crippen MR) is 81.6 cm³/mol. The molecule has 0 rings (SSSR count). The molecule has 1 amide bonds. The summed E-state index contributed by atoms with van der Waals surface area (Å²) in [5.41, 5.74) is 0. The second-order valence-corrected chi connectivity index (χ2v) is 4.44. The second kappa shape index (κ2) is 16.5. The molecular weight excluding hydrogens is 315 g/mol. The van der Waals surface area contributed by atoms with Gasteiger partial charge < -0.3 is 29.4 Å². The van der Waals surface area contributed by atoms with Crippen LogP contribution < -0.4 is 10.4 Å². The number of rotatable bonds is 16. The van der Waals surface area contributed by atoms with Crippen molar-refractivity contribution in [1.82, 2.24) is 10.4 Å². The van der Waals surface area contributed by atoms with Gasteiger partial charge in [-0.05, 0) is 0 Å². The van der Waals surface area contributed by atoms with Crippen molar-refractivity contribution in [1.29, 1.82) is 0 Å². The normalized spacial score (nSPS) is 10.6. The first-order chi connectivity index (χ1) is 10.7. The van der Waals surface area contributed by atoms with E-state index in [0.29, 0.717) is 33.0 Å². The van der Waals surface area contributed by atoms with E-state index < -0.39 is 5.97 Å². The van der Waals surface area contributed by atoms with E-state index in [0.717, 1.165) is 6.54 Å². The molecule has 0 aliphatic heterocycles. The molecule has 0 aromatic heterocycles. The molecule has 1 unspecified atom stereocenters. The van der Waals surface area contributed by atoms with Gasteiger partial charge in [0.1, 0.15) is 13.2 Å². The van der Waals surface area contributed by atoms with Crippen molar-refractivity contribution in [2.24, 2.45) is 0 Å². The van der Waals surface area contributed by atoms with Crippen LogP contribution in [0.5, 0.6) is 0 Å². The smallest absolute Gasteiger partial charge is 0.329 e. The maximum absolute atomic E-state index is 11.4. The minimum absolute atomic E-state index is 0.0209. The van der Waals surface area contributed by atoms with Gasteiger partial charge in [0, 0.05) is 13.1 Å². The van der Waals surface area contributed by atoms with Crippen LogP contribution in [0.4, 0.5) is 0 Å². The van der Waals surface area contributed by atoms with E-state index >= 15 is 0 Å². The van der Waals surface area contributed by atoms with Crippen molar-refractivity contribution in [3.8, 4) is 0 Å². The summed E-state index contributed by atoms with van der Waals surface area (Å²) in [6.07, 6.45) is 0.